The van der Waals surface area contributed by atoms with Crippen molar-refractivity contribution in [3.8, 4) is 12.3 Å². The summed E-state index contributed by atoms with van der Waals surface area (Å²) in [4.78, 5) is 13.2. The number of carbonyl (C=O) groups excluding carboxylic acids is 1. The zero-order valence-electron chi connectivity index (χ0n) is 6.86. The molecule has 3 rings (SSSR count). The van der Waals surface area contributed by atoms with Gasteiger partial charge in [0, 0.05) is 18.6 Å². The van der Waals surface area contributed by atoms with Gasteiger partial charge in [0.05, 0.1) is 6.42 Å². The SMILES string of the molecule is C#CCC(=O)N1CC2CC1C2N. The number of carbonyl (C=O) groups is 1. The predicted octanol–water partition coefficient (Wildman–Crippen LogP) is -0.432. The average Bonchev–Trinajstić information content (AvgIpc) is 2.60. The van der Waals surface area contributed by atoms with Crippen LogP contribution in [0.5, 0.6) is 0 Å². The number of amides is 1. The van der Waals surface area contributed by atoms with E-state index in [0.29, 0.717) is 5.92 Å². The van der Waals surface area contributed by atoms with Gasteiger partial charge in [0.25, 0.3) is 0 Å². The van der Waals surface area contributed by atoms with E-state index in [1.807, 2.05) is 4.90 Å². The molecule has 0 aromatic rings. The minimum atomic E-state index is 0.0675. The molecule has 3 aliphatic rings. The Morgan fingerprint density at radius 1 is 1.75 bits per heavy atom. The minimum absolute atomic E-state index is 0.0675. The van der Waals surface area contributed by atoms with Gasteiger partial charge >= 0.3 is 0 Å². The Hall–Kier alpha value is -1.01. The zero-order chi connectivity index (χ0) is 8.72. The maximum Gasteiger partial charge on any atom is 0.234 e. The normalized spacial score (nSPS) is 37.3. The molecule has 64 valence electrons. The molecule has 2 saturated heterocycles. The van der Waals surface area contributed by atoms with Crippen LogP contribution in [-0.4, -0.2) is 29.4 Å². The molecule has 1 amide bonds. The van der Waals surface area contributed by atoms with Gasteiger partial charge in [-0.2, -0.15) is 0 Å². The molecule has 2 bridgehead atoms. The standard InChI is InChI=1S/C9H12N2O/c1-2-3-8(12)11-5-6-4-7(11)9(6)10/h1,6-7,9H,3-5,10H2. The molecule has 1 saturated carbocycles. The highest BCUT2D eigenvalue weighted by Gasteiger charge is 2.51. The number of nitrogens with two attached hydrogens (primary N) is 1. The highest BCUT2D eigenvalue weighted by atomic mass is 16.2. The predicted molar refractivity (Wildman–Crippen MR) is 45.0 cm³/mol. The summed E-state index contributed by atoms with van der Waals surface area (Å²) in [5.41, 5.74) is 5.81. The Bertz CT molecular complexity index is 256. The summed E-state index contributed by atoms with van der Waals surface area (Å²) in [5, 5.41) is 0. The first-order valence-electron chi connectivity index (χ1n) is 4.22. The van der Waals surface area contributed by atoms with Crippen LogP contribution in [0.15, 0.2) is 0 Å². The number of fused-ring (bicyclic) bond motifs is 1. The summed E-state index contributed by atoms with van der Waals surface area (Å²) in [7, 11) is 0. The lowest BCUT2D eigenvalue weighted by atomic mass is 9.81. The van der Waals surface area contributed by atoms with Crippen molar-refractivity contribution < 1.29 is 4.79 Å². The maximum atomic E-state index is 11.4. The van der Waals surface area contributed by atoms with Crippen LogP contribution in [-0.2, 0) is 4.79 Å². The van der Waals surface area contributed by atoms with Crippen LogP contribution in [0.4, 0.5) is 0 Å². The van der Waals surface area contributed by atoms with Gasteiger partial charge in [0.1, 0.15) is 0 Å². The first-order chi connectivity index (χ1) is 5.74. The van der Waals surface area contributed by atoms with Crippen LogP contribution in [0, 0.1) is 18.3 Å². The Morgan fingerprint density at radius 2 is 2.50 bits per heavy atom. The van der Waals surface area contributed by atoms with Crippen molar-refractivity contribution in [3.05, 3.63) is 0 Å². The summed E-state index contributed by atoms with van der Waals surface area (Å²) < 4.78 is 0. The summed E-state index contributed by atoms with van der Waals surface area (Å²) in [6.07, 6.45) is 6.36. The fourth-order valence-corrected chi connectivity index (χ4v) is 2.14. The van der Waals surface area contributed by atoms with E-state index in [2.05, 4.69) is 5.92 Å². The fourth-order valence-electron chi connectivity index (χ4n) is 2.14. The van der Waals surface area contributed by atoms with Crippen molar-refractivity contribution in [2.24, 2.45) is 11.7 Å². The number of terminal acetylenes is 1. The lowest BCUT2D eigenvalue weighted by Gasteiger charge is -2.33. The molecule has 0 aromatic heterocycles. The van der Waals surface area contributed by atoms with E-state index in [9.17, 15) is 4.79 Å². The van der Waals surface area contributed by atoms with Gasteiger partial charge in [0.15, 0.2) is 0 Å². The monoisotopic (exact) mass is 164 g/mol. The van der Waals surface area contributed by atoms with Crippen LogP contribution in [0.2, 0.25) is 0 Å². The third-order valence-corrected chi connectivity index (χ3v) is 2.94. The van der Waals surface area contributed by atoms with Crippen LogP contribution >= 0.6 is 0 Å². The largest absolute Gasteiger partial charge is 0.337 e. The van der Waals surface area contributed by atoms with E-state index in [0.717, 1.165) is 13.0 Å². The second-order valence-electron chi connectivity index (χ2n) is 3.57. The van der Waals surface area contributed by atoms with Crippen molar-refractivity contribution in [2.75, 3.05) is 6.54 Å². The van der Waals surface area contributed by atoms with Crippen molar-refractivity contribution in [2.45, 2.75) is 24.9 Å². The Kier molecular flexibility index (Phi) is 1.59. The molecule has 2 heterocycles. The lowest BCUT2D eigenvalue weighted by Crippen LogP contribution is -2.50. The molecule has 0 spiro atoms. The van der Waals surface area contributed by atoms with Gasteiger partial charge < -0.3 is 10.6 Å². The molecule has 12 heavy (non-hydrogen) atoms. The molecule has 3 heteroatoms. The Balaban J connectivity index is 2.00. The summed E-state index contributed by atoms with van der Waals surface area (Å²) in [6, 6.07) is 0.502. The molecular weight excluding hydrogens is 152 g/mol. The van der Waals surface area contributed by atoms with Gasteiger partial charge in [-0.15, -0.1) is 6.42 Å². The average molecular weight is 164 g/mol. The molecule has 2 N–H and O–H groups in total. The molecular formula is C9H12N2O. The first kappa shape index (κ1) is 7.63. The van der Waals surface area contributed by atoms with Gasteiger partial charge in [-0.05, 0) is 12.3 Å². The molecule has 3 nitrogen and oxygen atoms in total. The molecule has 0 radical (unpaired) electrons. The quantitative estimate of drug-likeness (QED) is 0.534. The molecule has 1 aliphatic carbocycles. The third-order valence-electron chi connectivity index (χ3n) is 2.94. The number of hydrogen-bond donors (Lipinski definition) is 1. The van der Waals surface area contributed by atoms with Crippen molar-refractivity contribution in [3.63, 3.8) is 0 Å². The van der Waals surface area contributed by atoms with Crippen molar-refractivity contribution >= 4 is 5.91 Å². The molecule has 3 unspecified atom stereocenters. The molecule has 2 aliphatic heterocycles. The van der Waals surface area contributed by atoms with E-state index in [1.165, 1.54) is 0 Å². The maximum absolute atomic E-state index is 11.4. The Morgan fingerprint density at radius 3 is 2.92 bits per heavy atom. The van der Waals surface area contributed by atoms with Crippen LogP contribution < -0.4 is 5.73 Å². The van der Waals surface area contributed by atoms with Crippen LogP contribution in [0.25, 0.3) is 0 Å². The number of rotatable bonds is 1. The second kappa shape index (κ2) is 2.49. The third kappa shape index (κ3) is 0.850. The summed E-state index contributed by atoms with van der Waals surface area (Å²) in [5.74, 6) is 2.97. The molecule has 3 fully saturated rings. The van der Waals surface area contributed by atoms with Gasteiger partial charge in [0.2, 0.25) is 5.91 Å². The lowest BCUT2D eigenvalue weighted by molar-refractivity contribution is -0.130. The minimum Gasteiger partial charge on any atom is -0.337 e. The van der Waals surface area contributed by atoms with E-state index in [-0.39, 0.29) is 24.4 Å². The summed E-state index contributed by atoms with van der Waals surface area (Å²) >= 11 is 0. The number of hydrogen-bond acceptors (Lipinski definition) is 2. The van der Waals surface area contributed by atoms with Crippen molar-refractivity contribution in [1.29, 1.82) is 0 Å². The highest BCUT2D eigenvalue weighted by molar-refractivity contribution is 5.79. The van der Waals surface area contributed by atoms with Gasteiger partial charge in [-0.3, -0.25) is 4.79 Å². The Labute approximate surface area is 71.9 Å². The molecule has 0 aromatic carbocycles. The summed E-state index contributed by atoms with van der Waals surface area (Å²) in [6.45, 7) is 0.826. The van der Waals surface area contributed by atoms with Crippen LogP contribution in [0.1, 0.15) is 12.8 Å². The van der Waals surface area contributed by atoms with E-state index in [1.54, 1.807) is 0 Å². The van der Waals surface area contributed by atoms with E-state index < -0.39 is 0 Å². The van der Waals surface area contributed by atoms with Gasteiger partial charge in [-0.1, -0.05) is 5.92 Å². The fraction of sp³-hybridized carbons (Fsp3) is 0.667. The second-order valence-corrected chi connectivity index (χ2v) is 3.57. The van der Waals surface area contributed by atoms with Crippen LogP contribution in [0.3, 0.4) is 0 Å². The molecule has 3 atom stereocenters. The highest BCUT2D eigenvalue weighted by Crippen LogP contribution is 2.39. The van der Waals surface area contributed by atoms with E-state index in [4.69, 9.17) is 12.2 Å². The van der Waals surface area contributed by atoms with Gasteiger partial charge in [-0.25, -0.2) is 0 Å². The smallest absolute Gasteiger partial charge is 0.234 e. The zero-order valence-corrected chi connectivity index (χ0v) is 6.86. The van der Waals surface area contributed by atoms with Crippen molar-refractivity contribution in [1.82, 2.24) is 4.90 Å². The number of nitrogens with zero attached hydrogens (tertiary/aromatic N) is 1. The van der Waals surface area contributed by atoms with E-state index >= 15 is 0 Å². The topological polar surface area (TPSA) is 46.3 Å². The first-order valence-corrected chi connectivity index (χ1v) is 4.22.